The number of pyridine rings is 1. The zero-order chi connectivity index (χ0) is 16.2. The third-order valence-electron chi connectivity index (χ3n) is 3.79. The lowest BCUT2D eigenvalue weighted by molar-refractivity contribution is 0.0523. The Bertz CT molecular complexity index is 815. The van der Waals surface area contributed by atoms with Crippen LogP contribution in [0.1, 0.15) is 35.7 Å². The lowest BCUT2D eigenvalue weighted by atomic mass is 10.0. The first-order valence-corrected chi connectivity index (χ1v) is 7.77. The molecule has 0 saturated carbocycles. The fourth-order valence-corrected chi connectivity index (χ4v) is 2.66. The predicted molar refractivity (Wildman–Crippen MR) is 87.5 cm³/mol. The maximum atomic E-state index is 12.5. The molecule has 6 nitrogen and oxygen atoms in total. The van der Waals surface area contributed by atoms with Gasteiger partial charge in [0.25, 0.3) is 5.56 Å². The highest BCUT2D eigenvalue weighted by Gasteiger charge is 2.14. The molecule has 0 radical (unpaired) electrons. The smallest absolute Gasteiger partial charge is 0.345 e. The van der Waals surface area contributed by atoms with Gasteiger partial charge in [-0.15, -0.1) is 0 Å². The van der Waals surface area contributed by atoms with Crippen molar-refractivity contribution in [3.8, 4) is 0 Å². The van der Waals surface area contributed by atoms with E-state index in [1.165, 1.54) is 16.2 Å². The van der Waals surface area contributed by atoms with Gasteiger partial charge in [0.1, 0.15) is 11.2 Å². The summed E-state index contributed by atoms with van der Waals surface area (Å²) in [4.78, 5) is 28.5. The van der Waals surface area contributed by atoms with E-state index in [2.05, 4.69) is 16.4 Å². The van der Waals surface area contributed by atoms with Gasteiger partial charge in [0.05, 0.1) is 6.61 Å². The Labute approximate surface area is 133 Å². The lowest BCUT2D eigenvalue weighted by Gasteiger charge is -2.15. The van der Waals surface area contributed by atoms with Gasteiger partial charge < -0.3 is 10.1 Å². The third-order valence-corrected chi connectivity index (χ3v) is 3.79. The van der Waals surface area contributed by atoms with Gasteiger partial charge in [-0.3, -0.25) is 9.20 Å². The summed E-state index contributed by atoms with van der Waals surface area (Å²) >= 11 is 0. The second kappa shape index (κ2) is 6.75. The van der Waals surface area contributed by atoms with Crippen LogP contribution < -0.4 is 10.9 Å². The molecule has 0 bridgehead atoms. The highest BCUT2D eigenvalue weighted by atomic mass is 16.5. The van der Waals surface area contributed by atoms with E-state index in [-0.39, 0.29) is 12.2 Å². The van der Waals surface area contributed by atoms with Gasteiger partial charge in [-0.05, 0) is 44.0 Å². The maximum Gasteiger partial charge on any atom is 0.345 e. The summed E-state index contributed by atoms with van der Waals surface area (Å²) in [5, 5.41) is 3.33. The molecule has 2 aromatic rings. The number of nitrogens with zero attached hydrogens (tertiary/aromatic N) is 2. The number of hydrogen-bond acceptors (Lipinski definition) is 5. The monoisotopic (exact) mass is 313 g/mol. The SMILES string of the molecule is CCOC(=O)c1cnc2ccc(/C=C3\CCCNC3)cn2c1=O. The van der Waals surface area contributed by atoms with Crippen molar-refractivity contribution in [1.29, 1.82) is 0 Å². The van der Waals surface area contributed by atoms with Crippen LogP contribution in [0.4, 0.5) is 0 Å². The van der Waals surface area contributed by atoms with Crippen molar-refractivity contribution in [2.45, 2.75) is 19.8 Å². The van der Waals surface area contributed by atoms with Crippen molar-refractivity contribution >= 4 is 17.7 Å². The van der Waals surface area contributed by atoms with Gasteiger partial charge in [0.15, 0.2) is 0 Å². The molecule has 1 aliphatic rings. The van der Waals surface area contributed by atoms with Crippen LogP contribution in [0.25, 0.3) is 11.7 Å². The second-order valence-corrected chi connectivity index (χ2v) is 5.47. The Kier molecular flexibility index (Phi) is 4.52. The molecule has 23 heavy (non-hydrogen) atoms. The molecule has 120 valence electrons. The molecule has 1 aliphatic heterocycles. The first kappa shape index (κ1) is 15.4. The Morgan fingerprint density at radius 2 is 2.35 bits per heavy atom. The molecular formula is C17H19N3O3. The molecular weight excluding hydrogens is 294 g/mol. The van der Waals surface area contributed by atoms with E-state index >= 15 is 0 Å². The Balaban J connectivity index is 2.02. The molecule has 1 saturated heterocycles. The quantitative estimate of drug-likeness (QED) is 0.872. The number of aromatic nitrogens is 2. The third kappa shape index (κ3) is 3.32. The number of fused-ring (bicyclic) bond motifs is 1. The predicted octanol–water partition coefficient (Wildman–Crippen LogP) is 1.64. The summed E-state index contributed by atoms with van der Waals surface area (Å²) in [6.45, 7) is 3.84. The van der Waals surface area contributed by atoms with Crippen LogP contribution in [0.5, 0.6) is 0 Å². The molecule has 6 heteroatoms. The molecule has 0 unspecified atom stereocenters. The summed E-state index contributed by atoms with van der Waals surface area (Å²) in [7, 11) is 0. The van der Waals surface area contributed by atoms with Gasteiger partial charge in [0, 0.05) is 18.9 Å². The normalized spacial score (nSPS) is 16.7. The maximum absolute atomic E-state index is 12.5. The molecule has 2 aromatic heterocycles. The van der Waals surface area contributed by atoms with Gasteiger partial charge >= 0.3 is 5.97 Å². The average molecular weight is 313 g/mol. The van der Waals surface area contributed by atoms with Crippen molar-refractivity contribution in [2.75, 3.05) is 19.7 Å². The second-order valence-electron chi connectivity index (χ2n) is 5.47. The van der Waals surface area contributed by atoms with Crippen molar-refractivity contribution in [2.24, 2.45) is 0 Å². The minimum atomic E-state index is -0.639. The fraction of sp³-hybridized carbons (Fsp3) is 0.353. The number of carbonyl (C=O) groups is 1. The van der Waals surface area contributed by atoms with E-state index in [1.807, 2.05) is 6.07 Å². The summed E-state index contributed by atoms with van der Waals surface area (Å²) in [6.07, 6.45) is 7.25. The summed E-state index contributed by atoms with van der Waals surface area (Å²) in [6, 6.07) is 3.70. The van der Waals surface area contributed by atoms with Gasteiger partial charge in [-0.2, -0.15) is 0 Å². The van der Waals surface area contributed by atoms with Gasteiger partial charge in [0.2, 0.25) is 0 Å². The lowest BCUT2D eigenvalue weighted by Crippen LogP contribution is -2.24. The molecule has 3 rings (SSSR count). The van der Waals surface area contributed by atoms with Crippen LogP contribution in [0, 0.1) is 0 Å². The van der Waals surface area contributed by atoms with Crippen molar-refractivity contribution in [3.63, 3.8) is 0 Å². The van der Waals surface area contributed by atoms with Crippen LogP contribution in [0.3, 0.4) is 0 Å². The summed E-state index contributed by atoms with van der Waals surface area (Å²) < 4.78 is 6.29. The standard InChI is InChI=1S/C17H19N3O3/c1-2-23-17(22)14-10-19-15-6-5-13(11-20(15)16(14)21)8-12-4-3-7-18-9-12/h5-6,8,10-11,18H,2-4,7,9H2,1H3/b12-8+. The van der Waals surface area contributed by atoms with E-state index < -0.39 is 11.5 Å². The molecule has 0 aliphatic carbocycles. The van der Waals surface area contributed by atoms with Crippen molar-refractivity contribution in [3.05, 3.63) is 51.6 Å². The molecule has 3 heterocycles. The Hall–Kier alpha value is -2.47. The van der Waals surface area contributed by atoms with E-state index in [0.29, 0.717) is 5.65 Å². The first-order valence-electron chi connectivity index (χ1n) is 7.77. The number of esters is 1. The molecule has 0 spiro atoms. The minimum Gasteiger partial charge on any atom is -0.462 e. The molecule has 1 fully saturated rings. The molecule has 0 aromatic carbocycles. The summed E-state index contributed by atoms with van der Waals surface area (Å²) in [5.74, 6) is -0.639. The van der Waals surface area contributed by atoms with E-state index in [1.54, 1.807) is 19.2 Å². The fourth-order valence-electron chi connectivity index (χ4n) is 2.66. The van der Waals surface area contributed by atoms with Crippen LogP contribution in [-0.4, -0.2) is 35.1 Å². The largest absolute Gasteiger partial charge is 0.462 e. The van der Waals surface area contributed by atoms with Crippen LogP contribution in [-0.2, 0) is 4.74 Å². The van der Waals surface area contributed by atoms with Crippen LogP contribution in [0.2, 0.25) is 0 Å². The average Bonchev–Trinajstić information content (AvgIpc) is 2.57. The molecule has 0 amide bonds. The Morgan fingerprint density at radius 1 is 1.48 bits per heavy atom. The van der Waals surface area contributed by atoms with E-state index in [9.17, 15) is 9.59 Å². The zero-order valence-electron chi connectivity index (χ0n) is 13.0. The molecule has 1 N–H and O–H groups in total. The van der Waals surface area contributed by atoms with Crippen LogP contribution >= 0.6 is 0 Å². The number of piperidine rings is 1. The Morgan fingerprint density at radius 3 is 3.09 bits per heavy atom. The number of hydrogen-bond donors (Lipinski definition) is 1. The highest BCUT2D eigenvalue weighted by Crippen LogP contribution is 2.14. The van der Waals surface area contributed by atoms with Gasteiger partial charge in [-0.1, -0.05) is 11.6 Å². The molecule has 0 atom stereocenters. The first-order chi connectivity index (χ1) is 11.2. The minimum absolute atomic E-state index is 0.0477. The number of carbonyl (C=O) groups excluding carboxylic acids is 1. The van der Waals surface area contributed by atoms with Crippen molar-refractivity contribution < 1.29 is 9.53 Å². The highest BCUT2D eigenvalue weighted by molar-refractivity contribution is 5.88. The number of nitrogens with one attached hydrogen (secondary N) is 1. The van der Waals surface area contributed by atoms with E-state index in [0.717, 1.165) is 31.5 Å². The topological polar surface area (TPSA) is 72.7 Å². The zero-order valence-corrected chi connectivity index (χ0v) is 13.0. The van der Waals surface area contributed by atoms with E-state index in [4.69, 9.17) is 4.74 Å². The summed E-state index contributed by atoms with van der Waals surface area (Å²) in [5.41, 5.74) is 2.27. The van der Waals surface area contributed by atoms with Crippen molar-refractivity contribution in [1.82, 2.24) is 14.7 Å². The number of rotatable bonds is 3. The van der Waals surface area contributed by atoms with Gasteiger partial charge in [-0.25, -0.2) is 9.78 Å². The van der Waals surface area contributed by atoms with Crippen LogP contribution in [0.15, 0.2) is 34.9 Å². The number of ether oxygens (including phenoxy) is 1.